The first-order valence-corrected chi connectivity index (χ1v) is 10.9. The lowest BCUT2D eigenvalue weighted by Crippen LogP contribution is -2.38. The highest BCUT2D eigenvalue weighted by Gasteiger charge is 2.17. The number of nitrogens with zero attached hydrogens (tertiary/aromatic N) is 3. The van der Waals surface area contributed by atoms with Crippen molar-refractivity contribution >= 4 is 22.6 Å². The van der Waals surface area contributed by atoms with Crippen LogP contribution in [0.2, 0.25) is 0 Å². The number of hydrogen-bond acceptors (Lipinski definition) is 5. The van der Waals surface area contributed by atoms with Crippen molar-refractivity contribution in [3.05, 3.63) is 41.2 Å². The van der Waals surface area contributed by atoms with E-state index >= 15 is 0 Å². The van der Waals surface area contributed by atoms with E-state index < -0.39 is 0 Å². The standard InChI is InChI=1S/C22H34N4OS/c1-15(2)14-26(12-11-21(27)23-18(6)16(3)4)22-24-20(25-28-22)13-19-9-7-17(5)8-10-19/h7-10,15-16,18H,11-14H2,1-6H3,(H,23,27)/t18-/m1/s1. The first-order chi connectivity index (χ1) is 13.2. The number of aryl methyl sites for hydroxylation is 1. The molecule has 0 aliphatic heterocycles. The number of rotatable bonds is 10. The summed E-state index contributed by atoms with van der Waals surface area (Å²) in [6.45, 7) is 14.3. The van der Waals surface area contributed by atoms with Crippen molar-refractivity contribution in [1.82, 2.24) is 14.7 Å². The normalized spacial score (nSPS) is 12.4. The van der Waals surface area contributed by atoms with Gasteiger partial charge in [0, 0.05) is 43.5 Å². The van der Waals surface area contributed by atoms with Gasteiger partial charge in [0.1, 0.15) is 5.82 Å². The molecule has 0 aliphatic rings. The van der Waals surface area contributed by atoms with Crippen LogP contribution in [0.5, 0.6) is 0 Å². The van der Waals surface area contributed by atoms with Gasteiger partial charge in [0.25, 0.3) is 0 Å². The van der Waals surface area contributed by atoms with Crippen LogP contribution >= 0.6 is 11.5 Å². The SMILES string of the molecule is Cc1ccc(Cc2nsc(N(CCC(=O)N[C@H](C)C(C)C)CC(C)C)n2)cc1. The molecule has 1 heterocycles. The van der Waals surface area contributed by atoms with Crippen LogP contribution < -0.4 is 10.2 Å². The summed E-state index contributed by atoms with van der Waals surface area (Å²) in [5.41, 5.74) is 2.47. The van der Waals surface area contributed by atoms with E-state index in [1.54, 1.807) is 0 Å². The molecule has 0 spiro atoms. The average molecular weight is 403 g/mol. The molecule has 1 aromatic heterocycles. The van der Waals surface area contributed by atoms with Gasteiger partial charge in [-0.15, -0.1) is 0 Å². The highest BCUT2D eigenvalue weighted by Crippen LogP contribution is 2.21. The molecule has 0 saturated carbocycles. The molecule has 0 aliphatic carbocycles. The molecular formula is C22H34N4OS. The van der Waals surface area contributed by atoms with E-state index in [0.29, 0.717) is 24.8 Å². The second-order valence-corrected chi connectivity index (χ2v) is 9.08. The van der Waals surface area contributed by atoms with Crippen molar-refractivity contribution < 1.29 is 4.79 Å². The quantitative estimate of drug-likeness (QED) is 0.638. The Hall–Kier alpha value is -1.95. The van der Waals surface area contributed by atoms with Gasteiger partial charge in [0.2, 0.25) is 11.0 Å². The smallest absolute Gasteiger partial charge is 0.221 e. The van der Waals surface area contributed by atoms with Crippen LogP contribution in [0.25, 0.3) is 0 Å². The molecule has 0 bridgehead atoms. The molecule has 0 radical (unpaired) electrons. The monoisotopic (exact) mass is 402 g/mol. The fraction of sp³-hybridized carbons (Fsp3) is 0.591. The fourth-order valence-electron chi connectivity index (χ4n) is 2.77. The highest BCUT2D eigenvalue weighted by molar-refractivity contribution is 7.09. The van der Waals surface area contributed by atoms with E-state index in [1.807, 2.05) is 0 Å². The molecule has 1 N–H and O–H groups in total. The van der Waals surface area contributed by atoms with Crippen molar-refractivity contribution in [2.45, 2.75) is 60.4 Å². The van der Waals surface area contributed by atoms with E-state index in [-0.39, 0.29) is 11.9 Å². The molecule has 2 aromatic rings. The Morgan fingerprint density at radius 2 is 1.82 bits per heavy atom. The van der Waals surface area contributed by atoms with Gasteiger partial charge in [-0.3, -0.25) is 4.79 Å². The predicted octanol–water partition coefficient (Wildman–Crippen LogP) is 4.45. The third kappa shape index (κ3) is 7.23. The summed E-state index contributed by atoms with van der Waals surface area (Å²) in [6.07, 6.45) is 1.20. The van der Waals surface area contributed by atoms with Crippen molar-refractivity contribution in [3.8, 4) is 0 Å². The van der Waals surface area contributed by atoms with Gasteiger partial charge in [-0.2, -0.15) is 4.37 Å². The van der Waals surface area contributed by atoms with Gasteiger partial charge in [-0.05, 0) is 31.2 Å². The fourth-order valence-corrected chi connectivity index (χ4v) is 3.49. The van der Waals surface area contributed by atoms with Crippen molar-refractivity contribution in [1.29, 1.82) is 0 Å². The van der Waals surface area contributed by atoms with Crippen molar-refractivity contribution in [2.24, 2.45) is 11.8 Å². The summed E-state index contributed by atoms with van der Waals surface area (Å²) in [6, 6.07) is 8.67. The molecular weight excluding hydrogens is 368 g/mol. The van der Waals surface area contributed by atoms with Crippen LogP contribution in [0, 0.1) is 18.8 Å². The van der Waals surface area contributed by atoms with Gasteiger partial charge in [-0.1, -0.05) is 57.5 Å². The third-order valence-electron chi connectivity index (χ3n) is 4.79. The number of hydrogen-bond donors (Lipinski definition) is 1. The van der Waals surface area contributed by atoms with Crippen LogP contribution in [0.1, 0.15) is 58.0 Å². The maximum atomic E-state index is 12.3. The Morgan fingerprint density at radius 1 is 1.14 bits per heavy atom. The average Bonchev–Trinajstić information content (AvgIpc) is 3.08. The number of aromatic nitrogens is 2. The largest absolute Gasteiger partial charge is 0.353 e. The first-order valence-electron chi connectivity index (χ1n) is 10.2. The Kier molecular flexibility index (Phi) is 8.42. The van der Waals surface area contributed by atoms with Crippen molar-refractivity contribution in [3.63, 3.8) is 0 Å². The summed E-state index contributed by atoms with van der Waals surface area (Å²) in [5, 5.41) is 3.99. The molecule has 6 heteroatoms. The van der Waals surface area contributed by atoms with E-state index in [2.05, 4.69) is 80.4 Å². The Balaban J connectivity index is 1.99. The molecule has 1 aromatic carbocycles. The van der Waals surface area contributed by atoms with Gasteiger partial charge >= 0.3 is 0 Å². The maximum Gasteiger partial charge on any atom is 0.221 e. The number of amides is 1. The Morgan fingerprint density at radius 3 is 2.43 bits per heavy atom. The second-order valence-electron chi connectivity index (χ2n) is 8.35. The minimum Gasteiger partial charge on any atom is -0.353 e. The zero-order valence-corrected chi connectivity index (χ0v) is 18.8. The molecule has 2 rings (SSSR count). The van der Waals surface area contributed by atoms with Crippen LogP contribution in [0.3, 0.4) is 0 Å². The second kappa shape index (κ2) is 10.6. The zero-order valence-electron chi connectivity index (χ0n) is 18.0. The lowest BCUT2D eigenvalue weighted by Gasteiger charge is -2.24. The summed E-state index contributed by atoms with van der Waals surface area (Å²) >= 11 is 1.43. The van der Waals surface area contributed by atoms with Gasteiger partial charge in [-0.25, -0.2) is 4.98 Å². The van der Waals surface area contributed by atoms with Gasteiger partial charge < -0.3 is 10.2 Å². The molecule has 1 atom stereocenters. The van der Waals surface area contributed by atoms with Crippen molar-refractivity contribution in [2.75, 3.05) is 18.0 Å². The molecule has 1 amide bonds. The first kappa shape index (κ1) is 22.3. The van der Waals surface area contributed by atoms with Crippen LogP contribution in [0.4, 0.5) is 5.13 Å². The summed E-state index contributed by atoms with van der Waals surface area (Å²) < 4.78 is 4.55. The van der Waals surface area contributed by atoms with Crippen LogP contribution in [-0.2, 0) is 11.2 Å². The van der Waals surface area contributed by atoms with Crippen LogP contribution in [-0.4, -0.2) is 34.4 Å². The number of anilines is 1. The number of carbonyl (C=O) groups excluding carboxylic acids is 1. The summed E-state index contributed by atoms with van der Waals surface area (Å²) in [5.74, 6) is 1.86. The molecule has 154 valence electrons. The molecule has 0 saturated heterocycles. The number of carbonyl (C=O) groups is 1. The summed E-state index contributed by atoms with van der Waals surface area (Å²) in [7, 11) is 0. The molecule has 0 unspecified atom stereocenters. The van der Waals surface area contributed by atoms with Crippen LogP contribution in [0.15, 0.2) is 24.3 Å². The molecule has 28 heavy (non-hydrogen) atoms. The number of nitrogens with one attached hydrogen (secondary N) is 1. The van der Waals surface area contributed by atoms with E-state index in [4.69, 9.17) is 4.98 Å². The lowest BCUT2D eigenvalue weighted by atomic mass is 10.1. The Labute approximate surface area is 173 Å². The van der Waals surface area contributed by atoms with E-state index in [9.17, 15) is 4.79 Å². The van der Waals surface area contributed by atoms with E-state index in [1.165, 1.54) is 22.7 Å². The topological polar surface area (TPSA) is 58.1 Å². The molecule has 5 nitrogen and oxygen atoms in total. The maximum absolute atomic E-state index is 12.3. The van der Waals surface area contributed by atoms with Gasteiger partial charge in [0.05, 0.1) is 0 Å². The van der Waals surface area contributed by atoms with Gasteiger partial charge in [0.15, 0.2) is 0 Å². The highest BCUT2D eigenvalue weighted by atomic mass is 32.1. The third-order valence-corrected chi connectivity index (χ3v) is 5.61. The minimum absolute atomic E-state index is 0.0966. The number of benzene rings is 1. The predicted molar refractivity (Wildman–Crippen MR) is 118 cm³/mol. The minimum atomic E-state index is 0.0966. The van der Waals surface area contributed by atoms with E-state index in [0.717, 1.165) is 23.9 Å². The lowest BCUT2D eigenvalue weighted by molar-refractivity contribution is -0.121. The summed E-state index contributed by atoms with van der Waals surface area (Å²) in [4.78, 5) is 19.2. The zero-order chi connectivity index (χ0) is 20.7. The Bertz CT molecular complexity index is 739. The molecule has 0 fully saturated rings.